The summed E-state index contributed by atoms with van der Waals surface area (Å²) in [6.45, 7) is 2.96. The van der Waals surface area contributed by atoms with E-state index in [1.165, 1.54) is 16.7 Å². The number of fused-ring (bicyclic) bond motifs is 2. The van der Waals surface area contributed by atoms with Gasteiger partial charge >= 0.3 is 0 Å². The summed E-state index contributed by atoms with van der Waals surface area (Å²) in [5, 5.41) is 3.00. The molecule has 1 spiro atoms. The number of aryl methyl sites for hydroxylation is 2. The molecule has 1 aliphatic carbocycles. The summed E-state index contributed by atoms with van der Waals surface area (Å²) in [5.74, 6) is 0.248. The van der Waals surface area contributed by atoms with Gasteiger partial charge in [-0.15, -0.1) is 0 Å². The summed E-state index contributed by atoms with van der Waals surface area (Å²) >= 11 is 0. The summed E-state index contributed by atoms with van der Waals surface area (Å²) in [4.78, 5) is 12.1. The van der Waals surface area contributed by atoms with Gasteiger partial charge in [0.15, 0.2) is 0 Å². The van der Waals surface area contributed by atoms with Crippen LogP contribution in [0.1, 0.15) is 36.0 Å². The summed E-state index contributed by atoms with van der Waals surface area (Å²) < 4.78 is 0. The van der Waals surface area contributed by atoms with E-state index in [1.54, 1.807) is 0 Å². The normalized spacial score (nSPS) is 27.9. The van der Waals surface area contributed by atoms with E-state index in [-0.39, 0.29) is 11.3 Å². The fraction of sp³-hybridized carbons (Fsp3) is 0.500. The lowest BCUT2D eigenvalue weighted by atomic mass is 9.69. The molecule has 1 unspecified atom stereocenters. The minimum Gasteiger partial charge on any atom is -0.355 e. The molecule has 16 heavy (non-hydrogen) atoms. The highest BCUT2D eigenvalue weighted by Crippen LogP contribution is 2.42. The fourth-order valence-corrected chi connectivity index (χ4v) is 3.28. The highest BCUT2D eigenvalue weighted by Gasteiger charge is 2.46. The van der Waals surface area contributed by atoms with Crippen LogP contribution in [0.25, 0.3) is 0 Å². The second-order valence-electron chi connectivity index (χ2n) is 5.10. The molecule has 1 heterocycles. The van der Waals surface area contributed by atoms with Crippen molar-refractivity contribution in [3.05, 3.63) is 34.9 Å². The molecule has 0 aromatic heterocycles. The smallest absolute Gasteiger partial charge is 0.230 e. The van der Waals surface area contributed by atoms with Crippen LogP contribution in [0.2, 0.25) is 0 Å². The molecule has 0 bridgehead atoms. The maximum absolute atomic E-state index is 12.1. The van der Waals surface area contributed by atoms with Crippen LogP contribution >= 0.6 is 0 Å². The van der Waals surface area contributed by atoms with Crippen molar-refractivity contribution < 1.29 is 4.79 Å². The molecule has 1 amide bonds. The second kappa shape index (κ2) is 3.34. The van der Waals surface area contributed by atoms with Crippen molar-refractivity contribution in [1.29, 1.82) is 0 Å². The van der Waals surface area contributed by atoms with Crippen molar-refractivity contribution >= 4 is 5.91 Å². The Hall–Kier alpha value is -1.31. The zero-order valence-corrected chi connectivity index (χ0v) is 9.68. The van der Waals surface area contributed by atoms with Gasteiger partial charge < -0.3 is 5.32 Å². The first-order chi connectivity index (χ1) is 7.72. The van der Waals surface area contributed by atoms with Crippen LogP contribution in [0.3, 0.4) is 0 Å². The molecule has 1 aromatic rings. The third-order valence-electron chi connectivity index (χ3n) is 4.10. The van der Waals surface area contributed by atoms with Crippen LogP contribution < -0.4 is 5.32 Å². The summed E-state index contributed by atoms with van der Waals surface area (Å²) in [6.07, 6.45) is 4.27. The topological polar surface area (TPSA) is 29.1 Å². The average molecular weight is 215 g/mol. The molecule has 1 fully saturated rings. The van der Waals surface area contributed by atoms with Crippen molar-refractivity contribution in [1.82, 2.24) is 5.32 Å². The number of amides is 1. The van der Waals surface area contributed by atoms with E-state index in [2.05, 4.69) is 30.4 Å². The zero-order valence-electron chi connectivity index (χ0n) is 9.68. The van der Waals surface area contributed by atoms with Gasteiger partial charge in [-0.05, 0) is 43.7 Å². The largest absolute Gasteiger partial charge is 0.355 e. The third kappa shape index (κ3) is 1.22. The first kappa shape index (κ1) is 9.88. The molecule has 84 valence electrons. The quantitative estimate of drug-likeness (QED) is 0.705. The maximum Gasteiger partial charge on any atom is 0.230 e. The molecule has 3 rings (SSSR count). The first-order valence-corrected chi connectivity index (χ1v) is 6.11. The lowest BCUT2D eigenvalue weighted by Crippen LogP contribution is -2.38. The Balaban J connectivity index is 2.16. The molecule has 1 atom stereocenters. The maximum atomic E-state index is 12.1. The number of rotatable bonds is 0. The molecule has 1 saturated heterocycles. The number of carbonyl (C=O) groups excluding carboxylic acids is 1. The Kier molecular flexibility index (Phi) is 2.06. The zero-order chi connectivity index (χ0) is 11.2. The summed E-state index contributed by atoms with van der Waals surface area (Å²) in [5.41, 5.74) is 3.79. The summed E-state index contributed by atoms with van der Waals surface area (Å²) in [7, 11) is 0. The van der Waals surface area contributed by atoms with E-state index < -0.39 is 0 Å². The fourth-order valence-electron chi connectivity index (χ4n) is 3.28. The molecule has 0 saturated carbocycles. The van der Waals surface area contributed by atoms with Crippen LogP contribution in [-0.2, 0) is 16.6 Å². The number of benzene rings is 1. The van der Waals surface area contributed by atoms with E-state index in [0.29, 0.717) is 0 Å². The third-order valence-corrected chi connectivity index (χ3v) is 4.10. The standard InChI is InChI=1S/C14H17NO/c1-10-4-5-12-11(9-10)3-2-6-14(12)7-8-15-13(14)16/h4-5,9H,2-3,6-8H2,1H3,(H,15,16). The number of hydrogen-bond donors (Lipinski definition) is 1. The highest BCUT2D eigenvalue weighted by molar-refractivity contribution is 5.91. The van der Waals surface area contributed by atoms with Gasteiger partial charge in [0.2, 0.25) is 5.91 Å². The molecule has 2 aliphatic rings. The van der Waals surface area contributed by atoms with E-state index in [9.17, 15) is 4.79 Å². The molecule has 1 aromatic carbocycles. The van der Waals surface area contributed by atoms with E-state index in [4.69, 9.17) is 0 Å². The lowest BCUT2D eigenvalue weighted by Gasteiger charge is -2.33. The molecule has 2 nitrogen and oxygen atoms in total. The molecule has 2 heteroatoms. The van der Waals surface area contributed by atoms with Crippen LogP contribution in [-0.4, -0.2) is 12.5 Å². The molecular formula is C14H17NO. The Morgan fingerprint density at radius 1 is 1.31 bits per heavy atom. The van der Waals surface area contributed by atoms with Gasteiger partial charge in [-0.25, -0.2) is 0 Å². The van der Waals surface area contributed by atoms with Crippen LogP contribution in [0.5, 0.6) is 0 Å². The minimum atomic E-state index is -0.193. The van der Waals surface area contributed by atoms with Crippen LogP contribution in [0.15, 0.2) is 18.2 Å². The van der Waals surface area contributed by atoms with Crippen molar-refractivity contribution in [2.75, 3.05) is 6.54 Å². The molecular weight excluding hydrogens is 198 g/mol. The predicted molar refractivity (Wildman–Crippen MR) is 63.4 cm³/mol. The van der Waals surface area contributed by atoms with Crippen LogP contribution in [0, 0.1) is 6.92 Å². The van der Waals surface area contributed by atoms with Gasteiger partial charge in [-0.3, -0.25) is 4.79 Å². The van der Waals surface area contributed by atoms with Gasteiger partial charge in [-0.2, -0.15) is 0 Å². The second-order valence-corrected chi connectivity index (χ2v) is 5.10. The van der Waals surface area contributed by atoms with Gasteiger partial charge in [0.05, 0.1) is 5.41 Å². The van der Waals surface area contributed by atoms with E-state index >= 15 is 0 Å². The number of carbonyl (C=O) groups is 1. The molecule has 1 aliphatic heterocycles. The Labute approximate surface area is 96.1 Å². The number of nitrogens with one attached hydrogen (secondary N) is 1. The van der Waals surface area contributed by atoms with Crippen LogP contribution in [0.4, 0.5) is 0 Å². The lowest BCUT2D eigenvalue weighted by molar-refractivity contribution is -0.124. The Morgan fingerprint density at radius 3 is 2.94 bits per heavy atom. The molecule has 1 N–H and O–H groups in total. The Morgan fingerprint density at radius 2 is 2.19 bits per heavy atom. The van der Waals surface area contributed by atoms with E-state index in [1.807, 2.05) is 0 Å². The Bertz CT molecular complexity index is 452. The number of hydrogen-bond acceptors (Lipinski definition) is 1. The molecule has 0 radical (unpaired) electrons. The van der Waals surface area contributed by atoms with E-state index in [0.717, 1.165) is 32.2 Å². The minimum absolute atomic E-state index is 0.193. The monoisotopic (exact) mass is 215 g/mol. The van der Waals surface area contributed by atoms with Gasteiger partial charge in [0.25, 0.3) is 0 Å². The van der Waals surface area contributed by atoms with Gasteiger partial charge in [0, 0.05) is 6.54 Å². The van der Waals surface area contributed by atoms with Crippen molar-refractivity contribution in [2.45, 2.75) is 38.0 Å². The van der Waals surface area contributed by atoms with Gasteiger partial charge in [0.1, 0.15) is 0 Å². The highest BCUT2D eigenvalue weighted by atomic mass is 16.2. The predicted octanol–water partition coefficient (Wildman–Crippen LogP) is 2.09. The first-order valence-electron chi connectivity index (χ1n) is 6.11. The SMILES string of the molecule is Cc1ccc2c(c1)CCCC21CCNC1=O. The van der Waals surface area contributed by atoms with Crippen molar-refractivity contribution in [2.24, 2.45) is 0 Å². The van der Waals surface area contributed by atoms with Crippen molar-refractivity contribution in [3.63, 3.8) is 0 Å². The van der Waals surface area contributed by atoms with Gasteiger partial charge in [-0.1, -0.05) is 23.8 Å². The average Bonchev–Trinajstić information content (AvgIpc) is 2.61. The van der Waals surface area contributed by atoms with Crippen molar-refractivity contribution in [3.8, 4) is 0 Å². The summed E-state index contributed by atoms with van der Waals surface area (Å²) in [6, 6.07) is 6.56.